The number of rotatable bonds is 5. The average Bonchev–Trinajstić information content (AvgIpc) is 2.88. The van der Waals surface area contributed by atoms with E-state index >= 15 is 0 Å². The van der Waals surface area contributed by atoms with E-state index in [1.165, 1.54) is 5.56 Å². The third-order valence-corrected chi connectivity index (χ3v) is 3.20. The van der Waals surface area contributed by atoms with Crippen LogP contribution < -0.4 is 10.6 Å². The molecule has 0 aliphatic carbocycles. The number of aryl methyl sites for hydroxylation is 2. The molecule has 1 unspecified atom stereocenters. The van der Waals surface area contributed by atoms with Gasteiger partial charge in [0.15, 0.2) is 0 Å². The average molecular weight is 262 g/mol. The van der Waals surface area contributed by atoms with Crippen LogP contribution in [0.25, 0.3) is 0 Å². The summed E-state index contributed by atoms with van der Waals surface area (Å²) in [7, 11) is 4.03. The van der Waals surface area contributed by atoms with Crippen molar-refractivity contribution in [1.29, 1.82) is 0 Å². The second-order valence-electron chi connectivity index (χ2n) is 5.18. The smallest absolute Gasteiger partial charge is 0.130 e. The molecule has 0 saturated heterocycles. The topological polar surface area (TPSA) is 60.2 Å². The van der Waals surface area contributed by atoms with E-state index in [0.717, 1.165) is 30.0 Å². The molecule has 5 heteroatoms. The number of hydrogen-bond donors (Lipinski definition) is 1. The molecule has 2 aromatic heterocycles. The lowest BCUT2D eigenvalue weighted by Gasteiger charge is -2.21. The van der Waals surface area contributed by atoms with Gasteiger partial charge < -0.3 is 15.1 Å². The van der Waals surface area contributed by atoms with Crippen LogP contribution in [0.3, 0.4) is 0 Å². The third-order valence-electron chi connectivity index (χ3n) is 3.20. The van der Waals surface area contributed by atoms with Crippen LogP contribution in [0, 0.1) is 6.92 Å². The second-order valence-corrected chi connectivity index (χ2v) is 5.18. The van der Waals surface area contributed by atoms with Crippen molar-refractivity contribution in [2.24, 2.45) is 12.8 Å². The maximum Gasteiger partial charge on any atom is 0.130 e. The van der Waals surface area contributed by atoms with Gasteiger partial charge in [0, 0.05) is 37.8 Å². The van der Waals surface area contributed by atoms with Gasteiger partial charge in [-0.2, -0.15) is 5.10 Å². The Morgan fingerprint density at radius 3 is 2.84 bits per heavy atom. The lowest BCUT2D eigenvalue weighted by Crippen LogP contribution is -2.23. The van der Waals surface area contributed by atoms with E-state index in [0.29, 0.717) is 0 Å². The van der Waals surface area contributed by atoms with Gasteiger partial charge in [-0.15, -0.1) is 0 Å². The van der Waals surface area contributed by atoms with E-state index < -0.39 is 0 Å². The maximum atomic E-state index is 5.94. The molecule has 19 heavy (non-hydrogen) atoms. The van der Waals surface area contributed by atoms with Crippen LogP contribution in [0.5, 0.6) is 0 Å². The van der Waals surface area contributed by atoms with Gasteiger partial charge in [0.1, 0.15) is 5.82 Å². The van der Waals surface area contributed by atoms with Crippen LogP contribution in [0.1, 0.15) is 23.7 Å². The minimum atomic E-state index is 0.129. The molecule has 0 fully saturated rings. The molecular weight excluding hydrogens is 240 g/mol. The molecule has 0 spiro atoms. The van der Waals surface area contributed by atoms with Gasteiger partial charge in [0.25, 0.3) is 0 Å². The number of nitrogens with two attached hydrogens (primary N) is 1. The Kier molecular flexibility index (Phi) is 3.95. The normalized spacial score (nSPS) is 12.7. The summed E-state index contributed by atoms with van der Waals surface area (Å²) >= 11 is 0. The molecule has 0 saturated carbocycles. The van der Waals surface area contributed by atoms with Crippen LogP contribution in [0.2, 0.25) is 0 Å². The van der Waals surface area contributed by atoms with E-state index in [1.807, 2.05) is 31.6 Å². The quantitative estimate of drug-likeness (QED) is 0.893. The first-order valence-electron chi connectivity index (χ1n) is 6.49. The fourth-order valence-electron chi connectivity index (χ4n) is 2.46. The van der Waals surface area contributed by atoms with Crippen molar-refractivity contribution in [1.82, 2.24) is 9.78 Å². The van der Waals surface area contributed by atoms with Crippen molar-refractivity contribution in [2.75, 3.05) is 11.9 Å². The standard InChI is InChI=1S/C14H22N4O/c1-10(15)7-13-11(2)16-18(4)14(13)17(3)8-12-5-6-19-9-12/h5-6,9-10H,7-8,15H2,1-4H3. The van der Waals surface area contributed by atoms with Crippen molar-refractivity contribution >= 4 is 5.82 Å². The summed E-state index contributed by atoms with van der Waals surface area (Å²) in [5.74, 6) is 1.12. The van der Waals surface area contributed by atoms with Gasteiger partial charge in [-0.3, -0.25) is 4.68 Å². The molecule has 0 aliphatic heterocycles. The summed E-state index contributed by atoms with van der Waals surface area (Å²) in [6.45, 7) is 4.85. The fourth-order valence-corrected chi connectivity index (χ4v) is 2.46. The minimum absolute atomic E-state index is 0.129. The van der Waals surface area contributed by atoms with Crippen LogP contribution >= 0.6 is 0 Å². The van der Waals surface area contributed by atoms with E-state index in [1.54, 1.807) is 12.5 Å². The molecule has 5 nitrogen and oxygen atoms in total. The molecule has 2 aromatic rings. The minimum Gasteiger partial charge on any atom is -0.472 e. The zero-order valence-corrected chi connectivity index (χ0v) is 12.1. The van der Waals surface area contributed by atoms with Crippen LogP contribution in [0.15, 0.2) is 23.0 Å². The van der Waals surface area contributed by atoms with Crippen LogP contribution in [-0.4, -0.2) is 22.9 Å². The van der Waals surface area contributed by atoms with Crippen LogP contribution in [-0.2, 0) is 20.0 Å². The lowest BCUT2D eigenvalue weighted by atomic mass is 10.1. The Morgan fingerprint density at radius 2 is 2.26 bits per heavy atom. The molecule has 0 aliphatic rings. The second kappa shape index (κ2) is 5.48. The summed E-state index contributed by atoms with van der Waals surface area (Å²) in [5.41, 5.74) is 9.36. The highest BCUT2D eigenvalue weighted by Crippen LogP contribution is 2.24. The van der Waals surface area contributed by atoms with Gasteiger partial charge >= 0.3 is 0 Å². The molecule has 0 aromatic carbocycles. The lowest BCUT2D eigenvalue weighted by molar-refractivity contribution is 0.563. The highest BCUT2D eigenvalue weighted by atomic mass is 16.3. The van der Waals surface area contributed by atoms with Gasteiger partial charge in [-0.1, -0.05) is 0 Å². The Balaban J connectivity index is 2.27. The molecular formula is C14H22N4O. The van der Waals surface area contributed by atoms with E-state index in [-0.39, 0.29) is 6.04 Å². The zero-order valence-electron chi connectivity index (χ0n) is 12.1. The Morgan fingerprint density at radius 1 is 1.53 bits per heavy atom. The van der Waals surface area contributed by atoms with E-state index in [2.05, 4.69) is 17.0 Å². The van der Waals surface area contributed by atoms with E-state index in [9.17, 15) is 0 Å². The van der Waals surface area contributed by atoms with Gasteiger partial charge in [-0.25, -0.2) is 0 Å². The van der Waals surface area contributed by atoms with Crippen LogP contribution in [0.4, 0.5) is 5.82 Å². The Hall–Kier alpha value is -1.75. The van der Waals surface area contributed by atoms with Crippen molar-refractivity contribution in [3.8, 4) is 0 Å². The first-order chi connectivity index (χ1) is 8.99. The van der Waals surface area contributed by atoms with Gasteiger partial charge in [-0.05, 0) is 26.3 Å². The summed E-state index contributed by atoms with van der Waals surface area (Å²) in [6.07, 6.45) is 4.30. The Labute approximate surface area is 114 Å². The Bertz CT molecular complexity index is 528. The largest absolute Gasteiger partial charge is 0.472 e. The van der Waals surface area contributed by atoms with Crippen molar-refractivity contribution < 1.29 is 4.42 Å². The zero-order chi connectivity index (χ0) is 14.0. The highest BCUT2D eigenvalue weighted by Gasteiger charge is 2.18. The molecule has 0 bridgehead atoms. The predicted molar refractivity (Wildman–Crippen MR) is 76.1 cm³/mol. The van der Waals surface area contributed by atoms with Gasteiger partial charge in [0.2, 0.25) is 0 Å². The van der Waals surface area contributed by atoms with Crippen molar-refractivity contribution in [2.45, 2.75) is 32.9 Å². The molecule has 1 atom stereocenters. The molecule has 2 rings (SSSR count). The molecule has 2 heterocycles. The van der Waals surface area contributed by atoms with Gasteiger partial charge in [0.05, 0.1) is 18.2 Å². The first kappa shape index (κ1) is 13.7. The predicted octanol–water partition coefficient (Wildman–Crippen LogP) is 1.85. The third kappa shape index (κ3) is 2.98. The number of aromatic nitrogens is 2. The molecule has 104 valence electrons. The summed E-state index contributed by atoms with van der Waals surface area (Å²) in [6, 6.07) is 2.11. The summed E-state index contributed by atoms with van der Waals surface area (Å²) in [5, 5.41) is 4.51. The maximum absolute atomic E-state index is 5.94. The number of anilines is 1. The monoisotopic (exact) mass is 262 g/mol. The molecule has 0 radical (unpaired) electrons. The fraction of sp³-hybridized carbons (Fsp3) is 0.500. The highest BCUT2D eigenvalue weighted by molar-refractivity contribution is 5.50. The molecule has 2 N–H and O–H groups in total. The summed E-state index contributed by atoms with van der Waals surface area (Å²) in [4.78, 5) is 2.18. The van der Waals surface area contributed by atoms with Crippen molar-refractivity contribution in [3.05, 3.63) is 35.4 Å². The molecule has 0 amide bonds. The number of furan rings is 1. The van der Waals surface area contributed by atoms with Crippen molar-refractivity contribution in [3.63, 3.8) is 0 Å². The number of nitrogens with zero attached hydrogens (tertiary/aromatic N) is 3. The first-order valence-corrected chi connectivity index (χ1v) is 6.49. The summed E-state index contributed by atoms with van der Waals surface area (Å²) < 4.78 is 7.04. The van der Waals surface area contributed by atoms with E-state index in [4.69, 9.17) is 10.2 Å². The number of hydrogen-bond acceptors (Lipinski definition) is 4. The SMILES string of the molecule is Cc1nn(C)c(N(C)Cc2ccoc2)c1CC(C)N.